The summed E-state index contributed by atoms with van der Waals surface area (Å²) < 4.78 is 27.6. The van der Waals surface area contributed by atoms with Crippen LogP contribution in [0.5, 0.6) is 0 Å². The molecule has 0 radical (unpaired) electrons. The quantitative estimate of drug-likeness (QED) is 0.538. The van der Waals surface area contributed by atoms with Crippen molar-refractivity contribution in [2.45, 2.75) is 11.4 Å². The van der Waals surface area contributed by atoms with Crippen LogP contribution in [0.4, 0.5) is 5.69 Å². The molecular weight excluding hydrogens is 457 g/mol. The normalized spacial score (nSPS) is 11.2. The van der Waals surface area contributed by atoms with Crippen LogP contribution in [0, 0.1) is 11.3 Å². The third-order valence-corrected chi connectivity index (χ3v) is 6.59. The lowest BCUT2D eigenvalue weighted by atomic mass is 10.2. The van der Waals surface area contributed by atoms with Crippen molar-refractivity contribution in [3.05, 3.63) is 94.0 Å². The maximum atomic E-state index is 13.2. The number of nitriles is 1. The lowest BCUT2D eigenvalue weighted by molar-refractivity contribution is -0.116. The molecule has 0 fully saturated rings. The van der Waals surface area contributed by atoms with Gasteiger partial charge in [-0.2, -0.15) is 9.57 Å². The number of nitrogens with zero attached hydrogens (tertiary/aromatic N) is 2. The molecule has 1 N–H and O–H groups in total. The molecule has 9 heteroatoms. The van der Waals surface area contributed by atoms with Gasteiger partial charge >= 0.3 is 0 Å². The first-order chi connectivity index (χ1) is 14.8. The van der Waals surface area contributed by atoms with Crippen LogP contribution in [0.25, 0.3) is 0 Å². The zero-order valence-electron chi connectivity index (χ0n) is 16.1. The summed E-state index contributed by atoms with van der Waals surface area (Å²) >= 11 is 11.9. The number of benzene rings is 3. The zero-order valence-corrected chi connectivity index (χ0v) is 18.5. The van der Waals surface area contributed by atoms with Crippen molar-refractivity contribution in [3.63, 3.8) is 0 Å². The molecule has 0 unspecified atom stereocenters. The van der Waals surface area contributed by atoms with Crippen molar-refractivity contribution in [3.8, 4) is 6.07 Å². The number of carbonyl (C=O) groups is 1. The van der Waals surface area contributed by atoms with Crippen molar-refractivity contribution in [2.24, 2.45) is 0 Å². The topological polar surface area (TPSA) is 90.3 Å². The van der Waals surface area contributed by atoms with E-state index >= 15 is 0 Å². The van der Waals surface area contributed by atoms with Gasteiger partial charge in [-0.25, -0.2) is 8.42 Å². The highest BCUT2D eigenvalue weighted by atomic mass is 35.5. The first kappa shape index (κ1) is 22.8. The number of halogens is 2. The standard InChI is InChI=1S/C22H17Cl2N3O3S/c23-18-7-9-21(10-8-18)31(29,30)27(14-17-4-1-5-19(24)11-17)15-22(28)26-20-6-2-3-16(12-20)13-25/h1-12H,14-15H2,(H,26,28). The summed E-state index contributed by atoms with van der Waals surface area (Å²) in [5.41, 5.74) is 1.40. The van der Waals surface area contributed by atoms with Gasteiger partial charge in [-0.1, -0.05) is 41.4 Å². The Bertz CT molecular complexity index is 1240. The number of anilines is 1. The largest absolute Gasteiger partial charge is 0.325 e. The summed E-state index contributed by atoms with van der Waals surface area (Å²) in [4.78, 5) is 12.7. The zero-order chi connectivity index (χ0) is 22.4. The van der Waals surface area contributed by atoms with Gasteiger partial charge in [0.1, 0.15) is 0 Å². The molecule has 31 heavy (non-hydrogen) atoms. The summed E-state index contributed by atoms with van der Waals surface area (Å²) in [6, 6.07) is 20.8. The van der Waals surface area contributed by atoms with Gasteiger partial charge in [0.05, 0.1) is 23.1 Å². The molecule has 3 rings (SSSR count). The third-order valence-electron chi connectivity index (χ3n) is 4.29. The Balaban J connectivity index is 1.88. The van der Waals surface area contributed by atoms with E-state index in [4.69, 9.17) is 28.5 Å². The van der Waals surface area contributed by atoms with Crippen LogP contribution in [-0.4, -0.2) is 25.2 Å². The molecular formula is C22H17Cl2N3O3S. The first-order valence-corrected chi connectivity index (χ1v) is 11.3. The Morgan fingerprint density at radius 3 is 2.35 bits per heavy atom. The predicted molar refractivity (Wildman–Crippen MR) is 120 cm³/mol. The molecule has 6 nitrogen and oxygen atoms in total. The number of rotatable bonds is 7. The van der Waals surface area contributed by atoms with E-state index in [0.29, 0.717) is 26.9 Å². The fourth-order valence-corrected chi connectivity index (χ4v) is 4.57. The summed E-state index contributed by atoms with van der Waals surface area (Å²) in [5.74, 6) is -0.547. The molecule has 0 saturated heterocycles. The second-order valence-corrected chi connectivity index (χ2v) is 9.41. The van der Waals surface area contributed by atoms with Crippen molar-refractivity contribution in [2.75, 3.05) is 11.9 Å². The van der Waals surface area contributed by atoms with E-state index < -0.39 is 22.5 Å². The van der Waals surface area contributed by atoms with Crippen LogP contribution in [0.15, 0.2) is 77.7 Å². The molecule has 158 valence electrons. The summed E-state index contributed by atoms with van der Waals surface area (Å²) in [6.45, 7) is -0.495. The monoisotopic (exact) mass is 473 g/mol. The van der Waals surface area contributed by atoms with E-state index in [1.54, 1.807) is 42.5 Å². The first-order valence-electron chi connectivity index (χ1n) is 9.08. The van der Waals surface area contributed by atoms with Gasteiger partial charge in [0.25, 0.3) is 0 Å². The molecule has 0 heterocycles. The Hall–Kier alpha value is -2.89. The summed E-state index contributed by atoms with van der Waals surface area (Å²) in [7, 11) is -4.01. The molecule has 0 atom stereocenters. The van der Waals surface area contributed by atoms with Crippen molar-refractivity contribution < 1.29 is 13.2 Å². The highest BCUT2D eigenvalue weighted by Crippen LogP contribution is 2.22. The smallest absolute Gasteiger partial charge is 0.243 e. The van der Waals surface area contributed by atoms with Gasteiger partial charge in [-0.05, 0) is 60.2 Å². The molecule has 0 saturated carbocycles. The molecule has 0 aliphatic carbocycles. The van der Waals surface area contributed by atoms with Gasteiger partial charge in [0, 0.05) is 22.3 Å². The van der Waals surface area contributed by atoms with E-state index in [1.807, 2.05) is 6.07 Å². The Morgan fingerprint density at radius 1 is 0.968 bits per heavy atom. The number of amides is 1. The minimum Gasteiger partial charge on any atom is -0.325 e. The Kier molecular flexibility index (Phi) is 7.31. The molecule has 0 spiro atoms. The van der Waals surface area contributed by atoms with E-state index in [-0.39, 0.29) is 11.4 Å². The second-order valence-electron chi connectivity index (χ2n) is 6.60. The molecule has 0 aliphatic rings. The Labute approximate surface area is 190 Å². The fraction of sp³-hybridized carbons (Fsp3) is 0.0909. The summed E-state index contributed by atoms with van der Waals surface area (Å²) in [6.07, 6.45) is 0. The SMILES string of the molecule is N#Cc1cccc(NC(=O)CN(Cc2cccc(Cl)c2)S(=O)(=O)c2ccc(Cl)cc2)c1. The minimum absolute atomic E-state index is 0.0122. The van der Waals surface area contributed by atoms with Crippen molar-refractivity contribution in [1.82, 2.24) is 4.31 Å². The van der Waals surface area contributed by atoms with E-state index in [0.717, 1.165) is 4.31 Å². The number of nitrogens with one attached hydrogen (secondary N) is 1. The second kappa shape index (κ2) is 9.94. The number of carbonyl (C=O) groups excluding carboxylic acids is 1. The number of hydrogen-bond acceptors (Lipinski definition) is 4. The van der Waals surface area contributed by atoms with Gasteiger partial charge in [-0.3, -0.25) is 4.79 Å². The molecule has 0 aromatic heterocycles. The van der Waals surface area contributed by atoms with Gasteiger partial charge < -0.3 is 5.32 Å². The van der Waals surface area contributed by atoms with E-state index in [9.17, 15) is 13.2 Å². The van der Waals surface area contributed by atoms with Crippen LogP contribution in [0.3, 0.4) is 0 Å². The average molecular weight is 474 g/mol. The van der Waals surface area contributed by atoms with Crippen LogP contribution >= 0.6 is 23.2 Å². The molecule has 3 aromatic rings. The van der Waals surface area contributed by atoms with Crippen molar-refractivity contribution >= 4 is 44.8 Å². The lowest BCUT2D eigenvalue weighted by Gasteiger charge is -2.22. The van der Waals surface area contributed by atoms with Gasteiger partial charge in [0.15, 0.2) is 0 Å². The van der Waals surface area contributed by atoms with Crippen molar-refractivity contribution in [1.29, 1.82) is 5.26 Å². The predicted octanol–water partition coefficient (Wildman–Crippen LogP) is 4.69. The molecule has 0 aliphatic heterocycles. The highest BCUT2D eigenvalue weighted by molar-refractivity contribution is 7.89. The van der Waals surface area contributed by atoms with Crippen LogP contribution in [0.1, 0.15) is 11.1 Å². The average Bonchev–Trinajstić information content (AvgIpc) is 2.73. The van der Waals surface area contributed by atoms with E-state index in [2.05, 4.69) is 5.32 Å². The lowest BCUT2D eigenvalue weighted by Crippen LogP contribution is -2.37. The number of sulfonamides is 1. The third kappa shape index (κ3) is 6.06. The van der Waals surface area contributed by atoms with E-state index in [1.165, 1.54) is 30.3 Å². The molecule has 1 amide bonds. The van der Waals surface area contributed by atoms with Crippen LogP contribution in [-0.2, 0) is 21.4 Å². The Morgan fingerprint density at radius 2 is 1.68 bits per heavy atom. The highest BCUT2D eigenvalue weighted by Gasteiger charge is 2.27. The minimum atomic E-state index is -4.01. The summed E-state index contributed by atoms with van der Waals surface area (Å²) in [5, 5.41) is 12.5. The van der Waals surface area contributed by atoms with Crippen LogP contribution < -0.4 is 5.32 Å². The van der Waals surface area contributed by atoms with Crippen LogP contribution in [0.2, 0.25) is 10.0 Å². The maximum Gasteiger partial charge on any atom is 0.243 e. The van der Waals surface area contributed by atoms with Gasteiger partial charge in [0.2, 0.25) is 15.9 Å². The molecule has 3 aromatic carbocycles. The molecule has 0 bridgehead atoms. The fourth-order valence-electron chi connectivity index (χ4n) is 2.85. The number of hydrogen-bond donors (Lipinski definition) is 1. The maximum absolute atomic E-state index is 13.2. The van der Waals surface area contributed by atoms with Gasteiger partial charge in [-0.15, -0.1) is 0 Å².